The molecule has 0 aromatic rings. The first-order valence-electron chi connectivity index (χ1n) is 4.06. The second kappa shape index (κ2) is 6.89. The van der Waals surface area contributed by atoms with Gasteiger partial charge in [-0.25, -0.2) is 0 Å². The molecule has 2 nitrogen and oxygen atoms in total. The van der Waals surface area contributed by atoms with Crippen molar-refractivity contribution in [1.82, 2.24) is 5.32 Å². The Bertz CT molecular complexity index is 86.2. The van der Waals surface area contributed by atoms with Gasteiger partial charge in [-0.15, -0.1) is 11.6 Å². The standard InChI is InChI=1S/C8H18ClNO/c1-4-8(5-9)10-6-7(2)11-3/h7-8,10H,4-6H2,1-3H3. The molecular formula is C8H18ClNO. The van der Waals surface area contributed by atoms with Gasteiger partial charge < -0.3 is 10.1 Å². The summed E-state index contributed by atoms with van der Waals surface area (Å²) in [6, 6.07) is 0.425. The van der Waals surface area contributed by atoms with E-state index in [-0.39, 0.29) is 6.10 Å². The second-order valence-corrected chi connectivity index (χ2v) is 3.02. The SMILES string of the molecule is CCC(CCl)NCC(C)OC. The minimum absolute atomic E-state index is 0.271. The summed E-state index contributed by atoms with van der Waals surface area (Å²) in [5.41, 5.74) is 0. The molecule has 0 heterocycles. The van der Waals surface area contributed by atoms with E-state index in [2.05, 4.69) is 12.2 Å². The van der Waals surface area contributed by atoms with Crippen molar-refractivity contribution >= 4 is 11.6 Å². The van der Waals surface area contributed by atoms with Gasteiger partial charge in [0, 0.05) is 25.6 Å². The monoisotopic (exact) mass is 179 g/mol. The first-order chi connectivity index (χ1) is 5.24. The number of halogens is 1. The average molecular weight is 180 g/mol. The third kappa shape index (κ3) is 5.48. The molecule has 0 fully saturated rings. The van der Waals surface area contributed by atoms with E-state index in [4.69, 9.17) is 16.3 Å². The van der Waals surface area contributed by atoms with Crippen molar-refractivity contribution in [2.45, 2.75) is 32.4 Å². The van der Waals surface area contributed by atoms with E-state index in [0.29, 0.717) is 11.9 Å². The Kier molecular flexibility index (Phi) is 7.02. The fourth-order valence-corrected chi connectivity index (χ4v) is 1.05. The molecule has 0 radical (unpaired) electrons. The molecule has 0 aliphatic heterocycles. The average Bonchev–Trinajstić information content (AvgIpc) is 2.06. The van der Waals surface area contributed by atoms with Crippen LogP contribution >= 0.6 is 11.6 Å². The Morgan fingerprint density at radius 2 is 2.18 bits per heavy atom. The topological polar surface area (TPSA) is 21.3 Å². The van der Waals surface area contributed by atoms with Crippen LogP contribution in [0.3, 0.4) is 0 Å². The molecule has 0 bridgehead atoms. The molecule has 0 aliphatic carbocycles. The van der Waals surface area contributed by atoms with Crippen molar-refractivity contribution in [3.8, 4) is 0 Å². The van der Waals surface area contributed by atoms with Gasteiger partial charge in [-0.1, -0.05) is 6.92 Å². The van der Waals surface area contributed by atoms with Crippen LogP contribution in [0.5, 0.6) is 0 Å². The van der Waals surface area contributed by atoms with Crippen LogP contribution in [0.25, 0.3) is 0 Å². The predicted octanol–water partition coefficient (Wildman–Crippen LogP) is 1.63. The lowest BCUT2D eigenvalue weighted by atomic mass is 10.2. The van der Waals surface area contributed by atoms with Crippen molar-refractivity contribution in [1.29, 1.82) is 0 Å². The van der Waals surface area contributed by atoms with Gasteiger partial charge in [0.05, 0.1) is 6.10 Å². The normalized spacial score (nSPS) is 16.4. The molecule has 0 saturated heterocycles. The lowest BCUT2D eigenvalue weighted by Crippen LogP contribution is -2.35. The highest BCUT2D eigenvalue weighted by molar-refractivity contribution is 6.18. The molecule has 11 heavy (non-hydrogen) atoms. The lowest BCUT2D eigenvalue weighted by molar-refractivity contribution is 0.115. The van der Waals surface area contributed by atoms with E-state index in [9.17, 15) is 0 Å². The summed E-state index contributed by atoms with van der Waals surface area (Å²) in [5, 5.41) is 3.31. The number of ether oxygens (including phenoxy) is 1. The number of rotatable bonds is 6. The van der Waals surface area contributed by atoms with E-state index in [1.54, 1.807) is 7.11 Å². The number of nitrogens with one attached hydrogen (secondary N) is 1. The molecule has 0 saturated carbocycles. The predicted molar refractivity (Wildman–Crippen MR) is 49.3 cm³/mol. The van der Waals surface area contributed by atoms with Crippen LogP contribution in [0, 0.1) is 0 Å². The van der Waals surface area contributed by atoms with Crippen LogP contribution in [0.15, 0.2) is 0 Å². The summed E-state index contributed by atoms with van der Waals surface area (Å²) in [6.07, 6.45) is 1.34. The van der Waals surface area contributed by atoms with Gasteiger partial charge in [0.25, 0.3) is 0 Å². The van der Waals surface area contributed by atoms with Crippen molar-refractivity contribution in [2.75, 3.05) is 19.5 Å². The Hall–Kier alpha value is 0.210. The molecular weight excluding hydrogens is 162 g/mol. The summed E-state index contributed by atoms with van der Waals surface area (Å²) in [6.45, 7) is 5.03. The van der Waals surface area contributed by atoms with Gasteiger partial charge in [-0.2, -0.15) is 0 Å². The lowest BCUT2D eigenvalue weighted by Gasteiger charge is -2.16. The molecule has 0 spiro atoms. The number of alkyl halides is 1. The number of methoxy groups -OCH3 is 1. The third-order valence-corrected chi connectivity index (χ3v) is 2.15. The fourth-order valence-electron chi connectivity index (χ4n) is 0.724. The maximum absolute atomic E-state index is 5.69. The summed E-state index contributed by atoms with van der Waals surface area (Å²) < 4.78 is 5.08. The smallest absolute Gasteiger partial charge is 0.0667 e. The van der Waals surface area contributed by atoms with Gasteiger partial charge >= 0.3 is 0 Å². The van der Waals surface area contributed by atoms with E-state index in [0.717, 1.165) is 13.0 Å². The highest BCUT2D eigenvalue weighted by Crippen LogP contribution is 1.94. The third-order valence-electron chi connectivity index (χ3n) is 1.78. The van der Waals surface area contributed by atoms with Crippen LogP contribution in [-0.2, 0) is 4.74 Å². The van der Waals surface area contributed by atoms with E-state index in [1.165, 1.54) is 0 Å². The fraction of sp³-hybridized carbons (Fsp3) is 1.00. The Morgan fingerprint density at radius 3 is 2.55 bits per heavy atom. The van der Waals surface area contributed by atoms with Gasteiger partial charge in [0.1, 0.15) is 0 Å². The van der Waals surface area contributed by atoms with Crippen LogP contribution in [0.2, 0.25) is 0 Å². The summed E-state index contributed by atoms with van der Waals surface area (Å²) >= 11 is 5.69. The number of hydrogen-bond acceptors (Lipinski definition) is 2. The molecule has 68 valence electrons. The highest BCUT2D eigenvalue weighted by Gasteiger charge is 2.05. The zero-order valence-electron chi connectivity index (χ0n) is 7.56. The van der Waals surface area contributed by atoms with Crippen LogP contribution in [0.1, 0.15) is 20.3 Å². The number of hydrogen-bond donors (Lipinski definition) is 1. The van der Waals surface area contributed by atoms with Gasteiger partial charge in [-0.3, -0.25) is 0 Å². The molecule has 0 aromatic heterocycles. The maximum atomic E-state index is 5.69. The summed E-state index contributed by atoms with van der Waals surface area (Å²) in [7, 11) is 1.72. The summed E-state index contributed by atoms with van der Waals surface area (Å²) in [5.74, 6) is 0.674. The molecule has 3 heteroatoms. The van der Waals surface area contributed by atoms with Crippen molar-refractivity contribution in [3.63, 3.8) is 0 Å². The molecule has 2 atom stereocenters. The van der Waals surface area contributed by atoms with E-state index < -0.39 is 0 Å². The molecule has 0 amide bonds. The van der Waals surface area contributed by atoms with Crippen molar-refractivity contribution < 1.29 is 4.74 Å². The van der Waals surface area contributed by atoms with Crippen molar-refractivity contribution in [2.24, 2.45) is 0 Å². The quantitative estimate of drug-likeness (QED) is 0.626. The van der Waals surface area contributed by atoms with Crippen LogP contribution in [-0.4, -0.2) is 31.7 Å². The van der Waals surface area contributed by atoms with Crippen LogP contribution in [0.4, 0.5) is 0 Å². The highest BCUT2D eigenvalue weighted by atomic mass is 35.5. The molecule has 0 aromatic carbocycles. The van der Waals surface area contributed by atoms with Gasteiger partial charge in [-0.05, 0) is 13.3 Å². The molecule has 1 N–H and O–H groups in total. The maximum Gasteiger partial charge on any atom is 0.0667 e. The molecule has 0 rings (SSSR count). The Labute approximate surface area is 74.3 Å². The van der Waals surface area contributed by atoms with Gasteiger partial charge in [0.15, 0.2) is 0 Å². The van der Waals surface area contributed by atoms with Crippen LogP contribution < -0.4 is 5.32 Å². The summed E-state index contributed by atoms with van der Waals surface area (Å²) in [4.78, 5) is 0. The Balaban J connectivity index is 3.34. The first-order valence-corrected chi connectivity index (χ1v) is 4.60. The zero-order valence-corrected chi connectivity index (χ0v) is 8.32. The van der Waals surface area contributed by atoms with Crippen molar-refractivity contribution in [3.05, 3.63) is 0 Å². The second-order valence-electron chi connectivity index (χ2n) is 2.71. The zero-order chi connectivity index (χ0) is 8.69. The largest absolute Gasteiger partial charge is 0.380 e. The molecule has 2 unspecified atom stereocenters. The van der Waals surface area contributed by atoms with Gasteiger partial charge in [0.2, 0.25) is 0 Å². The minimum Gasteiger partial charge on any atom is -0.380 e. The Morgan fingerprint density at radius 1 is 1.55 bits per heavy atom. The minimum atomic E-state index is 0.271. The van der Waals surface area contributed by atoms with E-state index >= 15 is 0 Å². The van der Waals surface area contributed by atoms with E-state index in [1.807, 2.05) is 6.92 Å². The molecule has 0 aliphatic rings. The first kappa shape index (κ1) is 11.2.